The summed E-state index contributed by atoms with van der Waals surface area (Å²) in [5.74, 6) is 1.03. The lowest BCUT2D eigenvalue weighted by Crippen LogP contribution is -2.70. The molecule has 0 amide bonds. The van der Waals surface area contributed by atoms with Crippen LogP contribution in [0.2, 0.25) is 0 Å². The number of aliphatic hydroxyl groups is 2. The molecule has 5 aliphatic rings. The number of likely N-dealkylation sites (N-methyl/N-ethyl adjacent to an activating group) is 1. The van der Waals surface area contributed by atoms with E-state index in [4.69, 9.17) is 9.47 Å². The number of fused-ring (bicyclic) bond motifs is 1. The number of carbonyl (C=O) groups excluding carboxylic acids is 1. The summed E-state index contributed by atoms with van der Waals surface area (Å²) in [5, 5.41) is 22.2. The monoisotopic (exact) mass is 315 g/mol. The van der Waals surface area contributed by atoms with Crippen molar-refractivity contribution in [1.82, 2.24) is 4.90 Å². The Morgan fingerprint density at radius 3 is 2.96 bits per heavy atom. The van der Waals surface area contributed by atoms with Gasteiger partial charge in [-0.3, -0.25) is 9.69 Å². The predicted molar refractivity (Wildman–Crippen MR) is 77.5 cm³/mol. The van der Waals surface area contributed by atoms with Crippen molar-refractivity contribution in [2.75, 3.05) is 14.2 Å². The molecule has 1 saturated heterocycles. The quantitative estimate of drug-likeness (QED) is 0.692. The van der Waals surface area contributed by atoms with Gasteiger partial charge in [0.15, 0.2) is 23.4 Å². The van der Waals surface area contributed by atoms with Crippen LogP contribution in [-0.2, 0) is 15.7 Å². The first-order chi connectivity index (χ1) is 10.9. The van der Waals surface area contributed by atoms with E-state index in [0.29, 0.717) is 17.9 Å². The van der Waals surface area contributed by atoms with E-state index in [0.717, 1.165) is 11.1 Å². The first-order valence-corrected chi connectivity index (χ1v) is 7.99. The van der Waals surface area contributed by atoms with Gasteiger partial charge < -0.3 is 19.7 Å². The average molecular weight is 315 g/mol. The maximum Gasteiger partial charge on any atom is 0.177 e. The molecule has 2 spiro atoms. The molecule has 0 aromatic heterocycles. The van der Waals surface area contributed by atoms with Crippen LogP contribution in [0.15, 0.2) is 12.1 Å². The number of benzene rings is 1. The molecule has 3 aliphatic carbocycles. The van der Waals surface area contributed by atoms with Gasteiger partial charge in [0.2, 0.25) is 0 Å². The summed E-state index contributed by atoms with van der Waals surface area (Å²) in [6.45, 7) is 0. The van der Waals surface area contributed by atoms with E-state index in [1.807, 2.05) is 19.2 Å². The molecule has 6 heteroatoms. The number of likely N-dealkylation sites (tertiary alicyclic amines) is 1. The number of piperidine rings is 1. The zero-order chi connectivity index (χ0) is 15.9. The molecule has 120 valence electrons. The first-order valence-electron chi connectivity index (χ1n) is 7.99. The minimum atomic E-state index is -1.34. The van der Waals surface area contributed by atoms with Crippen molar-refractivity contribution in [2.45, 2.75) is 47.6 Å². The van der Waals surface area contributed by atoms with Crippen molar-refractivity contribution in [3.05, 3.63) is 23.3 Å². The van der Waals surface area contributed by atoms with Gasteiger partial charge in [0.25, 0.3) is 0 Å². The Morgan fingerprint density at radius 1 is 1.43 bits per heavy atom. The maximum atomic E-state index is 12.6. The lowest BCUT2D eigenvalue weighted by Gasteiger charge is -2.49. The molecule has 1 aromatic rings. The number of Topliss-reactive ketones (excluding diaryl/α,β-unsaturated/α-hetero) is 1. The number of methoxy groups -OCH3 is 1. The molecule has 2 heterocycles. The molecular formula is C17H17NO5. The molecule has 2 saturated carbocycles. The lowest BCUT2D eigenvalue weighted by atomic mass is 9.58. The number of nitrogens with zero attached hydrogens (tertiary/aromatic N) is 1. The third-order valence-corrected chi connectivity index (χ3v) is 7.21. The Kier molecular flexibility index (Phi) is 1.74. The van der Waals surface area contributed by atoms with Crippen molar-refractivity contribution in [3.63, 3.8) is 0 Å². The van der Waals surface area contributed by atoms with E-state index < -0.39 is 23.2 Å². The van der Waals surface area contributed by atoms with Crippen LogP contribution in [0.25, 0.3) is 0 Å². The Labute approximate surface area is 132 Å². The fourth-order valence-electron chi connectivity index (χ4n) is 6.45. The van der Waals surface area contributed by atoms with Crippen molar-refractivity contribution in [1.29, 1.82) is 0 Å². The van der Waals surface area contributed by atoms with Crippen LogP contribution in [0.3, 0.4) is 0 Å². The summed E-state index contributed by atoms with van der Waals surface area (Å²) in [6.07, 6.45) is -1.21. The van der Waals surface area contributed by atoms with E-state index in [9.17, 15) is 15.0 Å². The van der Waals surface area contributed by atoms with Crippen LogP contribution < -0.4 is 9.47 Å². The Balaban J connectivity index is 1.76. The summed E-state index contributed by atoms with van der Waals surface area (Å²) >= 11 is 0. The Bertz CT molecular complexity index is 823. The zero-order valence-corrected chi connectivity index (χ0v) is 12.9. The smallest absolute Gasteiger partial charge is 0.177 e. The second-order valence-corrected chi connectivity index (χ2v) is 7.61. The van der Waals surface area contributed by atoms with Crippen LogP contribution >= 0.6 is 0 Å². The molecule has 6 nitrogen and oxygen atoms in total. The Hall–Kier alpha value is -1.63. The summed E-state index contributed by atoms with van der Waals surface area (Å²) in [7, 11) is 3.55. The average Bonchev–Trinajstić information content (AvgIpc) is 2.85. The first kappa shape index (κ1) is 12.8. The maximum absolute atomic E-state index is 12.6. The molecule has 7 atom stereocenters. The topological polar surface area (TPSA) is 79.0 Å². The van der Waals surface area contributed by atoms with E-state index in [1.165, 1.54) is 0 Å². The van der Waals surface area contributed by atoms with E-state index in [2.05, 4.69) is 4.90 Å². The number of hydrogen-bond acceptors (Lipinski definition) is 6. The van der Waals surface area contributed by atoms with Gasteiger partial charge in [0.05, 0.1) is 30.2 Å². The third kappa shape index (κ3) is 0.880. The van der Waals surface area contributed by atoms with Crippen molar-refractivity contribution in [2.24, 2.45) is 0 Å². The van der Waals surface area contributed by atoms with Crippen molar-refractivity contribution in [3.8, 4) is 11.5 Å². The van der Waals surface area contributed by atoms with Gasteiger partial charge in [-0.2, -0.15) is 0 Å². The predicted octanol–water partition coefficient (Wildman–Crippen LogP) is -0.315. The van der Waals surface area contributed by atoms with Gasteiger partial charge in [-0.05, 0) is 25.1 Å². The fraction of sp³-hybridized carbons (Fsp3) is 0.588. The molecule has 2 bridgehead atoms. The summed E-state index contributed by atoms with van der Waals surface area (Å²) in [5.41, 5.74) is -0.450. The van der Waals surface area contributed by atoms with Gasteiger partial charge >= 0.3 is 0 Å². The fourth-order valence-corrected chi connectivity index (χ4v) is 6.45. The summed E-state index contributed by atoms with van der Waals surface area (Å²) < 4.78 is 11.4. The van der Waals surface area contributed by atoms with Crippen LogP contribution in [0.5, 0.6) is 11.5 Å². The molecule has 7 unspecified atom stereocenters. The second kappa shape index (κ2) is 3.14. The minimum Gasteiger partial charge on any atom is -0.493 e. The van der Waals surface area contributed by atoms with Crippen LogP contribution in [0, 0.1) is 0 Å². The zero-order valence-electron chi connectivity index (χ0n) is 12.9. The molecule has 2 aliphatic heterocycles. The van der Waals surface area contributed by atoms with Crippen molar-refractivity contribution < 1.29 is 24.5 Å². The SMILES string of the molecule is COc1ccc2c3c1OC1C(=O)CC(O)C4(O)C5N(C)C25CC314. The summed E-state index contributed by atoms with van der Waals surface area (Å²) in [6, 6.07) is 3.75. The molecule has 1 aromatic carbocycles. The standard InChI is InChI=1S/C17H17NO5/c1-18-14-16(18)6-15-11-7(16)3-4-9(22-2)12(11)23-13(15)8(19)5-10(20)17(14,15)21/h3-4,10,13-14,20-21H,5-6H2,1-2H3. The highest BCUT2D eigenvalue weighted by molar-refractivity contribution is 5.92. The normalized spacial score (nSPS) is 53.0. The number of hydrogen-bond donors (Lipinski definition) is 2. The van der Waals surface area contributed by atoms with Gasteiger partial charge in [-0.15, -0.1) is 0 Å². The molecule has 3 fully saturated rings. The number of aliphatic hydroxyl groups excluding tert-OH is 1. The molecule has 23 heavy (non-hydrogen) atoms. The minimum absolute atomic E-state index is 0.0605. The third-order valence-electron chi connectivity index (χ3n) is 7.21. The number of rotatable bonds is 1. The largest absolute Gasteiger partial charge is 0.493 e. The molecule has 2 N–H and O–H groups in total. The summed E-state index contributed by atoms with van der Waals surface area (Å²) in [4.78, 5) is 14.7. The number of ether oxygens (including phenoxy) is 2. The lowest BCUT2D eigenvalue weighted by molar-refractivity contribution is -0.179. The highest BCUT2D eigenvalue weighted by Gasteiger charge is 2.93. The highest BCUT2D eigenvalue weighted by atomic mass is 16.5. The van der Waals surface area contributed by atoms with Crippen molar-refractivity contribution >= 4 is 5.78 Å². The van der Waals surface area contributed by atoms with Crippen LogP contribution in [0.4, 0.5) is 0 Å². The van der Waals surface area contributed by atoms with Crippen LogP contribution in [-0.4, -0.2) is 58.9 Å². The van der Waals surface area contributed by atoms with Gasteiger partial charge in [0.1, 0.15) is 5.60 Å². The molecule has 6 rings (SSSR count). The molecular weight excluding hydrogens is 298 g/mol. The van der Waals surface area contributed by atoms with E-state index in [-0.39, 0.29) is 23.8 Å². The van der Waals surface area contributed by atoms with Gasteiger partial charge in [-0.1, -0.05) is 6.07 Å². The van der Waals surface area contributed by atoms with Gasteiger partial charge in [-0.25, -0.2) is 0 Å². The van der Waals surface area contributed by atoms with E-state index >= 15 is 0 Å². The van der Waals surface area contributed by atoms with Gasteiger partial charge in [0, 0.05) is 12.0 Å². The molecule has 0 radical (unpaired) electrons. The van der Waals surface area contributed by atoms with E-state index in [1.54, 1.807) is 7.11 Å². The van der Waals surface area contributed by atoms with Crippen LogP contribution in [0.1, 0.15) is 24.0 Å². The highest BCUT2D eigenvalue weighted by Crippen LogP contribution is 2.81. The number of carbonyl (C=O) groups is 1. The Morgan fingerprint density at radius 2 is 2.22 bits per heavy atom. The number of ketones is 1. The second-order valence-electron chi connectivity index (χ2n) is 7.61.